The second-order valence-corrected chi connectivity index (χ2v) is 5.59. The lowest BCUT2D eigenvalue weighted by Crippen LogP contribution is -2.23. The molecule has 0 heterocycles. The van der Waals surface area contributed by atoms with Gasteiger partial charge in [0.15, 0.2) is 0 Å². The highest BCUT2D eigenvalue weighted by molar-refractivity contribution is 5.92. The summed E-state index contributed by atoms with van der Waals surface area (Å²) in [4.78, 5) is 45.5. The quantitative estimate of drug-likeness (QED) is 0.326. The summed E-state index contributed by atoms with van der Waals surface area (Å²) in [5.41, 5.74) is 0.462. The predicted octanol–water partition coefficient (Wildman–Crippen LogP) is 1.64. The molecular formula is C18H24O8. The summed E-state index contributed by atoms with van der Waals surface area (Å²) in [7, 11) is 0. The van der Waals surface area contributed by atoms with Gasteiger partial charge in [-0.25, -0.2) is 19.2 Å². The molecule has 0 aliphatic carbocycles. The van der Waals surface area contributed by atoms with E-state index in [-0.39, 0.29) is 24.4 Å². The molecule has 0 aliphatic rings. The summed E-state index contributed by atoms with van der Waals surface area (Å²) in [5.74, 6) is -2.79. The van der Waals surface area contributed by atoms with Crippen LogP contribution in [-0.2, 0) is 38.1 Å². The Labute approximate surface area is 152 Å². The fourth-order valence-electron chi connectivity index (χ4n) is 1.31. The van der Waals surface area contributed by atoms with E-state index in [1.807, 2.05) is 0 Å². The van der Waals surface area contributed by atoms with Crippen LogP contribution >= 0.6 is 0 Å². The lowest BCUT2D eigenvalue weighted by atomic mass is 10.3. The van der Waals surface area contributed by atoms with Gasteiger partial charge in [-0.1, -0.05) is 13.2 Å². The first-order valence-corrected chi connectivity index (χ1v) is 7.77. The third-order valence-corrected chi connectivity index (χ3v) is 2.59. The maximum absolute atomic E-state index is 11.6. The fourth-order valence-corrected chi connectivity index (χ4v) is 1.31. The highest BCUT2D eigenvalue weighted by Gasteiger charge is 2.13. The minimum Gasteiger partial charge on any atom is -0.458 e. The van der Waals surface area contributed by atoms with Gasteiger partial charge >= 0.3 is 23.9 Å². The minimum absolute atomic E-state index is 0.138. The number of hydrogen-bond acceptors (Lipinski definition) is 8. The average Bonchev–Trinajstić information content (AvgIpc) is 2.55. The molecule has 0 bridgehead atoms. The van der Waals surface area contributed by atoms with Crippen molar-refractivity contribution in [3.05, 3.63) is 36.5 Å². The first-order chi connectivity index (χ1) is 12.0. The molecule has 0 saturated carbocycles. The molecule has 2 atom stereocenters. The number of rotatable bonds is 10. The lowest BCUT2D eigenvalue weighted by Gasteiger charge is -2.13. The van der Waals surface area contributed by atoms with E-state index < -0.39 is 36.1 Å². The Morgan fingerprint density at radius 1 is 0.769 bits per heavy atom. The molecule has 0 aromatic carbocycles. The van der Waals surface area contributed by atoms with Crippen molar-refractivity contribution in [2.24, 2.45) is 0 Å². The van der Waals surface area contributed by atoms with Crippen LogP contribution in [-0.4, -0.2) is 49.3 Å². The summed E-state index contributed by atoms with van der Waals surface area (Å²) < 4.78 is 19.5. The second-order valence-electron chi connectivity index (χ2n) is 5.59. The topological polar surface area (TPSA) is 105 Å². The van der Waals surface area contributed by atoms with Crippen LogP contribution in [0.3, 0.4) is 0 Å². The van der Waals surface area contributed by atoms with E-state index >= 15 is 0 Å². The number of hydrogen-bond donors (Lipinski definition) is 0. The number of esters is 4. The van der Waals surface area contributed by atoms with Crippen molar-refractivity contribution in [1.82, 2.24) is 0 Å². The van der Waals surface area contributed by atoms with Gasteiger partial charge in [-0.15, -0.1) is 0 Å². The molecule has 0 spiro atoms. The van der Waals surface area contributed by atoms with Crippen LogP contribution in [0.4, 0.5) is 0 Å². The largest absolute Gasteiger partial charge is 0.458 e. The van der Waals surface area contributed by atoms with Crippen LogP contribution < -0.4 is 0 Å². The van der Waals surface area contributed by atoms with Crippen molar-refractivity contribution in [3.63, 3.8) is 0 Å². The van der Waals surface area contributed by atoms with Crippen molar-refractivity contribution in [2.75, 3.05) is 13.2 Å². The Hall–Kier alpha value is -2.90. The smallest absolute Gasteiger partial charge is 0.333 e. The SMILES string of the molecule is C=C(C)C(=O)OCC(C)OC(=O)/C=C/C(=O)OC(C)COC(=O)C(=C)C. The average molecular weight is 368 g/mol. The van der Waals surface area contributed by atoms with Crippen LogP contribution in [0.25, 0.3) is 0 Å². The van der Waals surface area contributed by atoms with Crippen molar-refractivity contribution in [2.45, 2.75) is 39.9 Å². The monoisotopic (exact) mass is 368 g/mol. The van der Waals surface area contributed by atoms with E-state index in [0.717, 1.165) is 12.2 Å². The third kappa shape index (κ3) is 10.8. The standard InChI is InChI=1S/C18H24O8/c1-11(2)17(21)23-9-13(5)25-15(19)7-8-16(20)26-14(6)10-24-18(22)12(3)4/h7-8,13-14H,1,3,9-10H2,2,4-6H3/b8-7+. The van der Waals surface area contributed by atoms with Crippen molar-refractivity contribution in [3.8, 4) is 0 Å². The second kappa shape index (κ2) is 11.6. The molecule has 0 saturated heterocycles. The van der Waals surface area contributed by atoms with Crippen LogP contribution in [0, 0.1) is 0 Å². The van der Waals surface area contributed by atoms with Gasteiger partial charge in [0.2, 0.25) is 0 Å². The van der Waals surface area contributed by atoms with Crippen LogP contribution in [0.2, 0.25) is 0 Å². The highest BCUT2D eigenvalue weighted by Crippen LogP contribution is 2.00. The van der Waals surface area contributed by atoms with Gasteiger partial charge in [0, 0.05) is 23.3 Å². The van der Waals surface area contributed by atoms with Crippen LogP contribution in [0.5, 0.6) is 0 Å². The molecule has 2 unspecified atom stereocenters. The molecule has 144 valence electrons. The zero-order valence-corrected chi connectivity index (χ0v) is 15.4. The summed E-state index contributed by atoms with van der Waals surface area (Å²) >= 11 is 0. The Balaban J connectivity index is 4.19. The van der Waals surface area contributed by atoms with Gasteiger partial charge in [-0.2, -0.15) is 0 Å². The van der Waals surface area contributed by atoms with Gasteiger partial charge < -0.3 is 18.9 Å². The summed E-state index contributed by atoms with van der Waals surface area (Å²) in [6, 6.07) is 0. The molecule has 8 heteroatoms. The van der Waals surface area contributed by atoms with Gasteiger partial charge in [0.1, 0.15) is 25.4 Å². The molecular weight excluding hydrogens is 344 g/mol. The number of ether oxygens (including phenoxy) is 4. The molecule has 0 N–H and O–H groups in total. The highest BCUT2D eigenvalue weighted by atomic mass is 16.6. The summed E-state index contributed by atoms with van der Waals surface area (Å²) in [6.07, 6.45) is 0.358. The van der Waals surface area contributed by atoms with Gasteiger partial charge in [0.25, 0.3) is 0 Å². The number of carbonyl (C=O) groups excluding carboxylic acids is 4. The van der Waals surface area contributed by atoms with E-state index in [1.165, 1.54) is 27.7 Å². The Kier molecular flexibility index (Phi) is 10.3. The lowest BCUT2D eigenvalue weighted by molar-refractivity contribution is -0.153. The van der Waals surface area contributed by atoms with E-state index in [9.17, 15) is 19.2 Å². The molecule has 0 aliphatic heterocycles. The maximum atomic E-state index is 11.6. The molecule has 26 heavy (non-hydrogen) atoms. The van der Waals surface area contributed by atoms with E-state index in [4.69, 9.17) is 18.9 Å². The molecule has 0 amide bonds. The Morgan fingerprint density at radius 3 is 1.35 bits per heavy atom. The van der Waals surface area contributed by atoms with E-state index in [0.29, 0.717) is 0 Å². The molecule has 0 aromatic rings. The van der Waals surface area contributed by atoms with E-state index in [2.05, 4.69) is 13.2 Å². The van der Waals surface area contributed by atoms with Gasteiger partial charge in [-0.3, -0.25) is 0 Å². The maximum Gasteiger partial charge on any atom is 0.333 e. The molecule has 0 aromatic heterocycles. The summed E-state index contributed by atoms with van der Waals surface area (Å²) in [5, 5.41) is 0. The predicted molar refractivity (Wildman–Crippen MR) is 91.8 cm³/mol. The molecule has 8 nitrogen and oxygen atoms in total. The zero-order chi connectivity index (χ0) is 20.3. The zero-order valence-electron chi connectivity index (χ0n) is 15.4. The van der Waals surface area contributed by atoms with Crippen molar-refractivity contribution < 1.29 is 38.1 Å². The van der Waals surface area contributed by atoms with Crippen LogP contribution in [0.15, 0.2) is 36.5 Å². The molecule has 0 radical (unpaired) electrons. The third-order valence-electron chi connectivity index (χ3n) is 2.59. The van der Waals surface area contributed by atoms with Crippen LogP contribution in [0.1, 0.15) is 27.7 Å². The molecule has 0 rings (SSSR count). The molecule has 0 fully saturated rings. The normalized spacial score (nSPS) is 12.6. The summed E-state index contributed by atoms with van der Waals surface area (Å²) in [6.45, 7) is 12.6. The number of carbonyl (C=O) groups is 4. The fraction of sp³-hybridized carbons (Fsp3) is 0.444. The Bertz CT molecular complexity index is 550. The van der Waals surface area contributed by atoms with Crippen molar-refractivity contribution in [1.29, 1.82) is 0 Å². The van der Waals surface area contributed by atoms with Crippen molar-refractivity contribution >= 4 is 23.9 Å². The first-order valence-electron chi connectivity index (χ1n) is 7.77. The minimum atomic E-state index is -0.804. The van der Waals surface area contributed by atoms with Gasteiger partial charge in [-0.05, 0) is 27.7 Å². The van der Waals surface area contributed by atoms with E-state index in [1.54, 1.807) is 0 Å². The Morgan fingerprint density at radius 2 is 1.08 bits per heavy atom. The van der Waals surface area contributed by atoms with Gasteiger partial charge in [0.05, 0.1) is 0 Å². The first kappa shape index (κ1) is 23.1.